The molecule has 2 aliphatic carbocycles. The lowest BCUT2D eigenvalue weighted by molar-refractivity contribution is 0.0520. The first kappa shape index (κ1) is 13.0. The number of carbonyl (C=O) groups is 1. The maximum Gasteiger partial charge on any atom is 0.407 e. The minimum absolute atomic E-state index is 0.253. The number of fused-ring (bicyclic) bond motifs is 3. The van der Waals surface area contributed by atoms with Crippen molar-refractivity contribution in [3.05, 3.63) is 33.8 Å². The van der Waals surface area contributed by atoms with Gasteiger partial charge in [0.1, 0.15) is 5.60 Å². The third-order valence-corrected chi connectivity index (χ3v) is 4.26. The van der Waals surface area contributed by atoms with E-state index in [2.05, 4.69) is 39.4 Å². The summed E-state index contributed by atoms with van der Waals surface area (Å²) in [5, 5.41) is 3.00. The fraction of sp³-hybridized carbons (Fsp3) is 0.533. The van der Waals surface area contributed by atoms with E-state index in [9.17, 15) is 4.79 Å². The van der Waals surface area contributed by atoms with E-state index >= 15 is 0 Å². The zero-order chi connectivity index (χ0) is 13.8. The van der Waals surface area contributed by atoms with E-state index < -0.39 is 5.60 Å². The number of amides is 1. The van der Waals surface area contributed by atoms with Crippen molar-refractivity contribution in [1.29, 1.82) is 0 Å². The van der Waals surface area contributed by atoms with Gasteiger partial charge in [0.2, 0.25) is 0 Å². The fourth-order valence-corrected chi connectivity index (χ4v) is 3.43. The van der Waals surface area contributed by atoms with E-state index in [0.29, 0.717) is 11.8 Å². The Kier molecular flexibility index (Phi) is 2.89. The summed E-state index contributed by atoms with van der Waals surface area (Å²) in [5.41, 5.74) is 2.36. The second-order valence-electron chi connectivity index (χ2n) is 6.41. The van der Waals surface area contributed by atoms with Crippen molar-refractivity contribution in [3.63, 3.8) is 0 Å². The van der Waals surface area contributed by atoms with Crippen molar-refractivity contribution in [2.75, 3.05) is 0 Å². The Morgan fingerprint density at radius 1 is 1.42 bits per heavy atom. The van der Waals surface area contributed by atoms with Crippen LogP contribution in [0.4, 0.5) is 4.79 Å². The molecule has 0 unspecified atom stereocenters. The van der Waals surface area contributed by atoms with Gasteiger partial charge >= 0.3 is 6.09 Å². The predicted molar refractivity (Wildman–Crippen MR) is 77.2 cm³/mol. The Hall–Kier alpha value is -1.03. The number of ether oxygens (including phenoxy) is 1. The van der Waals surface area contributed by atoms with Gasteiger partial charge in [0.15, 0.2) is 0 Å². The summed E-state index contributed by atoms with van der Waals surface area (Å²) in [7, 11) is 0. The molecule has 1 aromatic carbocycles. The van der Waals surface area contributed by atoms with Crippen molar-refractivity contribution < 1.29 is 9.53 Å². The molecule has 1 fully saturated rings. The summed E-state index contributed by atoms with van der Waals surface area (Å²) >= 11 is 3.50. The lowest BCUT2D eigenvalue weighted by Crippen LogP contribution is -2.35. The van der Waals surface area contributed by atoms with Crippen LogP contribution in [0.3, 0.4) is 0 Å². The number of hydrogen-bond donors (Lipinski definition) is 1. The highest BCUT2D eigenvalue weighted by molar-refractivity contribution is 9.10. The van der Waals surface area contributed by atoms with Gasteiger partial charge < -0.3 is 10.1 Å². The summed E-state index contributed by atoms with van der Waals surface area (Å²) in [4.78, 5) is 11.8. The third kappa shape index (κ3) is 2.50. The Morgan fingerprint density at radius 2 is 2.16 bits per heavy atom. The summed E-state index contributed by atoms with van der Waals surface area (Å²) < 4.78 is 6.43. The second kappa shape index (κ2) is 4.23. The first-order valence-corrected chi connectivity index (χ1v) is 7.42. The van der Waals surface area contributed by atoms with Gasteiger partial charge in [0.25, 0.3) is 0 Å². The molecule has 0 heterocycles. The van der Waals surface area contributed by atoms with Gasteiger partial charge in [-0.3, -0.25) is 0 Å². The van der Waals surface area contributed by atoms with Crippen LogP contribution in [0.1, 0.15) is 37.8 Å². The molecular formula is C15H18BrNO2. The van der Waals surface area contributed by atoms with Crippen LogP contribution in [0.15, 0.2) is 22.7 Å². The molecule has 0 bridgehead atoms. The van der Waals surface area contributed by atoms with Gasteiger partial charge in [-0.1, -0.05) is 22.0 Å². The molecule has 1 aromatic rings. The standard InChI is InChI=1S/C15H18BrNO2/c1-15(2,3)19-14(18)17-13-11-7-8-6-9(16)4-5-10(8)12(11)13/h4-6,11-13H,7H2,1-3H3,(H,17,18)/t11-,12+,13+/m0/s1. The summed E-state index contributed by atoms with van der Waals surface area (Å²) in [6.07, 6.45) is 0.755. The van der Waals surface area contributed by atoms with Crippen LogP contribution >= 0.6 is 15.9 Å². The molecule has 2 aliphatic rings. The van der Waals surface area contributed by atoms with E-state index in [1.807, 2.05) is 20.8 Å². The molecule has 3 rings (SSSR count). The molecule has 0 saturated heterocycles. The first-order chi connectivity index (χ1) is 8.85. The molecule has 102 valence electrons. The van der Waals surface area contributed by atoms with Crippen LogP contribution in [-0.2, 0) is 11.2 Å². The van der Waals surface area contributed by atoms with E-state index in [-0.39, 0.29) is 12.1 Å². The number of halogens is 1. The fourth-order valence-electron chi connectivity index (χ4n) is 3.02. The van der Waals surface area contributed by atoms with Gasteiger partial charge in [-0.25, -0.2) is 4.79 Å². The second-order valence-corrected chi connectivity index (χ2v) is 7.32. The van der Waals surface area contributed by atoms with Crippen LogP contribution in [0.2, 0.25) is 0 Å². The van der Waals surface area contributed by atoms with E-state index in [1.54, 1.807) is 0 Å². The van der Waals surface area contributed by atoms with Crippen LogP contribution < -0.4 is 5.32 Å². The minimum atomic E-state index is -0.434. The molecule has 4 heteroatoms. The molecule has 3 atom stereocenters. The molecule has 19 heavy (non-hydrogen) atoms. The van der Waals surface area contributed by atoms with Crippen LogP contribution in [0.5, 0.6) is 0 Å². The van der Waals surface area contributed by atoms with E-state index in [1.165, 1.54) is 11.1 Å². The van der Waals surface area contributed by atoms with Gasteiger partial charge in [-0.15, -0.1) is 0 Å². The van der Waals surface area contributed by atoms with Crippen molar-refractivity contribution in [3.8, 4) is 0 Å². The van der Waals surface area contributed by atoms with Gasteiger partial charge in [-0.05, 0) is 56.4 Å². The summed E-state index contributed by atoms with van der Waals surface area (Å²) in [6.45, 7) is 5.65. The number of carbonyl (C=O) groups excluding carboxylic acids is 1. The SMILES string of the molecule is CC(C)(C)OC(=O)N[C@@H]1[C@H]2Cc3cc(Br)ccc3[C@H]21. The Bertz CT molecular complexity index is 535. The van der Waals surface area contributed by atoms with Gasteiger partial charge in [0, 0.05) is 16.4 Å². The van der Waals surface area contributed by atoms with Gasteiger partial charge in [0.05, 0.1) is 0 Å². The zero-order valence-electron chi connectivity index (χ0n) is 11.4. The largest absolute Gasteiger partial charge is 0.444 e. The summed E-state index contributed by atoms with van der Waals surface area (Å²) in [5.74, 6) is 1.03. The highest BCUT2D eigenvalue weighted by Gasteiger charge is 2.56. The molecule has 0 aromatic heterocycles. The van der Waals surface area contributed by atoms with Crippen LogP contribution in [0.25, 0.3) is 0 Å². The molecule has 3 nitrogen and oxygen atoms in total. The molecule has 1 saturated carbocycles. The third-order valence-electron chi connectivity index (χ3n) is 3.77. The van der Waals surface area contributed by atoms with Crippen LogP contribution in [0, 0.1) is 5.92 Å². The molecule has 0 radical (unpaired) electrons. The normalized spacial score (nSPS) is 27.5. The zero-order valence-corrected chi connectivity index (χ0v) is 13.0. The summed E-state index contributed by atoms with van der Waals surface area (Å²) in [6, 6.07) is 6.68. The van der Waals surface area contributed by atoms with Crippen molar-refractivity contribution >= 4 is 22.0 Å². The maximum atomic E-state index is 11.8. The van der Waals surface area contributed by atoms with E-state index in [0.717, 1.165) is 10.9 Å². The molecule has 1 amide bonds. The average molecular weight is 324 g/mol. The van der Waals surface area contributed by atoms with Crippen LogP contribution in [-0.4, -0.2) is 17.7 Å². The Balaban J connectivity index is 1.64. The quantitative estimate of drug-likeness (QED) is 0.857. The van der Waals surface area contributed by atoms with Gasteiger partial charge in [-0.2, -0.15) is 0 Å². The minimum Gasteiger partial charge on any atom is -0.444 e. The smallest absolute Gasteiger partial charge is 0.407 e. The maximum absolute atomic E-state index is 11.8. The van der Waals surface area contributed by atoms with Crippen molar-refractivity contribution in [2.45, 2.75) is 44.8 Å². The molecule has 1 N–H and O–H groups in total. The number of alkyl carbamates (subject to hydrolysis) is 1. The number of benzene rings is 1. The topological polar surface area (TPSA) is 38.3 Å². The average Bonchev–Trinajstić information content (AvgIpc) is 2.78. The van der Waals surface area contributed by atoms with Crippen molar-refractivity contribution in [1.82, 2.24) is 5.32 Å². The Labute approximate surface area is 121 Å². The predicted octanol–water partition coefficient (Wildman–Crippen LogP) is 3.61. The highest BCUT2D eigenvalue weighted by atomic mass is 79.9. The lowest BCUT2D eigenvalue weighted by Gasteiger charge is -2.20. The van der Waals surface area contributed by atoms with Crippen molar-refractivity contribution in [2.24, 2.45) is 5.92 Å². The molecule has 0 aliphatic heterocycles. The van der Waals surface area contributed by atoms with E-state index in [4.69, 9.17) is 4.74 Å². The number of hydrogen-bond acceptors (Lipinski definition) is 2. The lowest BCUT2D eigenvalue weighted by atomic mass is 10.1. The molecule has 0 spiro atoms. The monoisotopic (exact) mass is 323 g/mol. The number of rotatable bonds is 1. The Morgan fingerprint density at radius 3 is 2.84 bits per heavy atom. The molecular weight excluding hydrogens is 306 g/mol. The number of nitrogens with one attached hydrogen (secondary N) is 1. The first-order valence-electron chi connectivity index (χ1n) is 6.63. The highest BCUT2D eigenvalue weighted by Crippen LogP contribution is 2.56.